The fourth-order valence-corrected chi connectivity index (χ4v) is 2.66. The number of nitrogens with zero attached hydrogens (tertiary/aromatic N) is 3. The predicted octanol–water partition coefficient (Wildman–Crippen LogP) is 0.556. The molecule has 0 spiro atoms. The third kappa shape index (κ3) is 5.51. The summed E-state index contributed by atoms with van der Waals surface area (Å²) in [6.45, 7) is 7.69. The van der Waals surface area contributed by atoms with Crippen LogP contribution < -0.4 is 0 Å². The van der Waals surface area contributed by atoms with E-state index in [4.69, 9.17) is 9.84 Å². The minimum absolute atomic E-state index is 0.0132. The molecule has 1 saturated heterocycles. The van der Waals surface area contributed by atoms with Crippen molar-refractivity contribution < 1.29 is 19.4 Å². The Balaban J connectivity index is 2.59. The van der Waals surface area contributed by atoms with Crippen LogP contribution in [0.15, 0.2) is 0 Å². The number of methoxy groups -OCH3 is 1. The fraction of sp³-hybridized carbons (Fsp3) is 0.857. The second-order valence-corrected chi connectivity index (χ2v) is 5.38. The van der Waals surface area contributed by atoms with E-state index in [1.54, 1.807) is 12.0 Å². The van der Waals surface area contributed by atoms with E-state index in [0.717, 1.165) is 13.0 Å². The van der Waals surface area contributed by atoms with Gasteiger partial charge in [0.2, 0.25) is 0 Å². The molecule has 7 nitrogen and oxygen atoms in total. The van der Waals surface area contributed by atoms with Crippen LogP contribution in [0.1, 0.15) is 20.3 Å². The second kappa shape index (κ2) is 8.84. The van der Waals surface area contributed by atoms with Gasteiger partial charge in [0, 0.05) is 39.8 Å². The van der Waals surface area contributed by atoms with Crippen LogP contribution in [0.4, 0.5) is 4.79 Å². The molecule has 21 heavy (non-hydrogen) atoms. The molecule has 0 aromatic heterocycles. The maximum Gasteiger partial charge on any atom is 0.320 e. The van der Waals surface area contributed by atoms with Crippen LogP contribution in [-0.4, -0.2) is 90.8 Å². The van der Waals surface area contributed by atoms with E-state index in [0.29, 0.717) is 32.8 Å². The summed E-state index contributed by atoms with van der Waals surface area (Å²) < 4.78 is 5.12. The first kappa shape index (κ1) is 17.7. The van der Waals surface area contributed by atoms with Gasteiger partial charge in [0.1, 0.15) is 0 Å². The predicted molar refractivity (Wildman–Crippen MR) is 79.4 cm³/mol. The van der Waals surface area contributed by atoms with Gasteiger partial charge in [-0.2, -0.15) is 0 Å². The molecule has 0 aliphatic carbocycles. The standard InChI is InChI=1S/C14H27N3O4/c1-4-17(12(2)11-21-3)14(20)16-7-5-6-15(8-9-16)10-13(18)19/h12H,4-11H2,1-3H3,(H,18,19). The largest absolute Gasteiger partial charge is 0.480 e. The molecule has 1 aliphatic heterocycles. The van der Waals surface area contributed by atoms with Gasteiger partial charge in [-0.25, -0.2) is 4.79 Å². The Kier molecular flexibility index (Phi) is 7.45. The molecule has 7 heteroatoms. The molecular formula is C14H27N3O4. The average Bonchev–Trinajstić information content (AvgIpc) is 2.64. The first-order chi connectivity index (χ1) is 9.99. The number of carbonyl (C=O) groups excluding carboxylic acids is 1. The molecule has 1 atom stereocenters. The molecule has 1 unspecified atom stereocenters. The zero-order chi connectivity index (χ0) is 15.8. The molecule has 122 valence electrons. The summed E-state index contributed by atoms with van der Waals surface area (Å²) >= 11 is 0. The van der Waals surface area contributed by atoms with Crippen LogP contribution >= 0.6 is 0 Å². The molecule has 0 saturated carbocycles. The average molecular weight is 301 g/mol. The van der Waals surface area contributed by atoms with Crippen molar-refractivity contribution in [3.05, 3.63) is 0 Å². The molecule has 0 bridgehead atoms. The summed E-state index contributed by atoms with van der Waals surface area (Å²) in [7, 11) is 1.63. The highest BCUT2D eigenvalue weighted by molar-refractivity contribution is 5.75. The van der Waals surface area contributed by atoms with Crippen molar-refractivity contribution in [1.29, 1.82) is 0 Å². The summed E-state index contributed by atoms with van der Waals surface area (Å²) in [5.74, 6) is -0.821. The van der Waals surface area contributed by atoms with E-state index in [1.165, 1.54) is 0 Å². The highest BCUT2D eigenvalue weighted by atomic mass is 16.5. The molecule has 0 aromatic rings. The number of carbonyl (C=O) groups is 2. The van der Waals surface area contributed by atoms with Crippen LogP contribution in [0.3, 0.4) is 0 Å². The smallest absolute Gasteiger partial charge is 0.320 e. The molecule has 1 fully saturated rings. The number of aliphatic carboxylic acids is 1. The Morgan fingerprint density at radius 3 is 2.57 bits per heavy atom. The number of ether oxygens (including phenoxy) is 1. The van der Waals surface area contributed by atoms with Crippen molar-refractivity contribution in [3.8, 4) is 0 Å². The first-order valence-corrected chi connectivity index (χ1v) is 7.48. The lowest BCUT2D eigenvalue weighted by molar-refractivity contribution is -0.138. The van der Waals surface area contributed by atoms with Crippen LogP contribution in [0.2, 0.25) is 0 Å². The number of likely N-dealkylation sites (N-methyl/N-ethyl adjacent to an activating group) is 1. The minimum atomic E-state index is -0.821. The molecule has 1 aliphatic rings. The lowest BCUT2D eigenvalue weighted by Gasteiger charge is -2.33. The van der Waals surface area contributed by atoms with E-state index >= 15 is 0 Å². The van der Waals surface area contributed by atoms with Gasteiger partial charge >= 0.3 is 12.0 Å². The van der Waals surface area contributed by atoms with Crippen molar-refractivity contribution in [2.75, 3.05) is 53.0 Å². The van der Waals surface area contributed by atoms with Crippen molar-refractivity contribution in [2.45, 2.75) is 26.3 Å². The molecule has 2 amide bonds. The Morgan fingerprint density at radius 2 is 2.00 bits per heavy atom. The fourth-order valence-electron chi connectivity index (χ4n) is 2.66. The molecule has 1 rings (SSSR count). The summed E-state index contributed by atoms with van der Waals surface area (Å²) in [6.07, 6.45) is 0.801. The molecule has 1 N–H and O–H groups in total. The quantitative estimate of drug-likeness (QED) is 0.776. The third-order valence-corrected chi connectivity index (χ3v) is 3.74. The summed E-state index contributed by atoms with van der Waals surface area (Å²) in [4.78, 5) is 28.9. The number of carboxylic acids is 1. The number of rotatable bonds is 6. The number of carboxylic acid groups (broad SMARTS) is 1. The Morgan fingerprint density at radius 1 is 1.29 bits per heavy atom. The van der Waals surface area contributed by atoms with E-state index in [-0.39, 0.29) is 18.6 Å². The van der Waals surface area contributed by atoms with Crippen LogP contribution in [0.5, 0.6) is 0 Å². The monoisotopic (exact) mass is 301 g/mol. The van der Waals surface area contributed by atoms with Crippen LogP contribution in [-0.2, 0) is 9.53 Å². The van der Waals surface area contributed by atoms with E-state index in [1.807, 2.05) is 23.6 Å². The first-order valence-electron chi connectivity index (χ1n) is 7.48. The summed E-state index contributed by atoms with van der Waals surface area (Å²) in [5, 5.41) is 8.85. The molecular weight excluding hydrogens is 274 g/mol. The van der Waals surface area contributed by atoms with Crippen molar-refractivity contribution >= 4 is 12.0 Å². The van der Waals surface area contributed by atoms with Gasteiger partial charge in [-0.1, -0.05) is 0 Å². The summed E-state index contributed by atoms with van der Waals surface area (Å²) in [6, 6.07) is 0.0464. The van der Waals surface area contributed by atoms with Crippen molar-refractivity contribution in [3.63, 3.8) is 0 Å². The van der Waals surface area contributed by atoms with Gasteiger partial charge in [0.25, 0.3) is 0 Å². The summed E-state index contributed by atoms with van der Waals surface area (Å²) in [5.41, 5.74) is 0. The van der Waals surface area contributed by atoms with Crippen LogP contribution in [0, 0.1) is 0 Å². The topological polar surface area (TPSA) is 73.3 Å². The van der Waals surface area contributed by atoms with Gasteiger partial charge in [-0.3, -0.25) is 9.69 Å². The van der Waals surface area contributed by atoms with Gasteiger partial charge in [-0.05, 0) is 20.3 Å². The highest BCUT2D eigenvalue weighted by Crippen LogP contribution is 2.09. The maximum absolute atomic E-state index is 12.6. The number of amides is 2. The van der Waals surface area contributed by atoms with Crippen molar-refractivity contribution in [1.82, 2.24) is 14.7 Å². The molecule has 0 radical (unpaired) electrons. The lowest BCUT2D eigenvalue weighted by atomic mass is 10.3. The van der Waals surface area contributed by atoms with Gasteiger partial charge in [0.15, 0.2) is 0 Å². The number of hydrogen-bond donors (Lipinski definition) is 1. The zero-order valence-corrected chi connectivity index (χ0v) is 13.2. The zero-order valence-electron chi connectivity index (χ0n) is 13.2. The Bertz CT molecular complexity index is 351. The SMILES string of the molecule is CCN(C(=O)N1CCCN(CC(=O)O)CC1)C(C)COC. The van der Waals surface area contributed by atoms with Gasteiger partial charge in [-0.15, -0.1) is 0 Å². The second-order valence-electron chi connectivity index (χ2n) is 5.38. The van der Waals surface area contributed by atoms with E-state index < -0.39 is 5.97 Å². The van der Waals surface area contributed by atoms with Gasteiger partial charge in [0.05, 0.1) is 19.2 Å². The van der Waals surface area contributed by atoms with Crippen LogP contribution in [0.25, 0.3) is 0 Å². The van der Waals surface area contributed by atoms with Crippen molar-refractivity contribution in [2.24, 2.45) is 0 Å². The third-order valence-electron chi connectivity index (χ3n) is 3.74. The number of urea groups is 1. The highest BCUT2D eigenvalue weighted by Gasteiger charge is 2.26. The number of hydrogen-bond acceptors (Lipinski definition) is 4. The molecule has 0 aromatic carbocycles. The van der Waals surface area contributed by atoms with Gasteiger partial charge < -0.3 is 19.6 Å². The van der Waals surface area contributed by atoms with E-state index in [2.05, 4.69) is 0 Å². The Labute approximate surface area is 126 Å². The van der Waals surface area contributed by atoms with E-state index in [9.17, 15) is 9.59 Å². The normalized spacial score (nSPS) is 18.1. The maximum atomic E-state index is 12.6. The lowest BCUT2D eigenvalue weighted by Crippen LogP contribution is -2.49. The minimum Gasteiger partial charge on any atom is -0.480 e. The Hall–Kier alpha value is -1.34. The molecule has 1 heterocycles.